The van der Waals surface area contributed by atoms with E-state index in [-0.39, 0.29) is 37.1 Å². The fourth-order valence-corrected chi connectivity index (χ4v) is 5.34. The summed E-state index contributed by atoms with van der Waals surface area (Å²) in [4.78, 5) is 46.9. The van der Waals surface area contributed by atoms with Crippen molar-refractivity contribution in [2.75, 3.05) is 30.8 Å². The number of aryl methyl sites for hydroxylation is 2. The Morgan fingerprint density at radius 3 is 2.58 bits per heavy atom. The number of imidazole rings is 1. The number of amides is 2. The summed E-state index contributed by atoms with van der Waals surface area (Å²) in [5.41, 5.74) is 5.96. The van der Waals surface area contributed by atoms with Gasteiger partial charge < -0.3 is 24.5 Å². The number of pyridine rings is 1. The lowest BCUT2D eigenvalue weighted by Crippen LogP contribution is -2.32. The molecular weight excluding hydrogens is 568 g/mol. The van der Waals surface area contributed by atoms with E-state index in [9.17, 15) is 14.4 Å². The molecule has 0 saturated heterocycles. The fraction of sp³-hybridized carbons (Fsp3) is 0.257. The quantitative estimate of drug-likeness (QED) is 0.180. The van der Waals surface area contributed by atoms with E-state index in [0.717, 1.165) is 39.2 Å². The van der Waals surface area contributed by atoms with E-state index in [1.807, 2.05) is 93.0 Å². The number of rotatable bonds is 10. The zero-order valence-corrected chi connectivity index (χ0v) is 26.2. The molecule has 3 N–H and O–H groups in total. The Bertz CT molecular complexity index is 1910. The van der Waals surface area contributed by atoms with Crippen LogP contribution in [-0.4, -0.2) is 51.6 Å². The normalized spacial score (nSPS) is 11.7. The van der Waals surface area contributed by atoms with Gasteiger partial charge in [-0.3, -0.25) is 14.9 Å². The molecule has 0 spiro atoms. The van der Waals surface area contributed by atoms with Crippen molar-refractivity contribution in [2.24, 2.45) is 7.05 Å². The Kier molecular flexibility index (Phi) is 9.32. The molecule has 2 amide bonds. The van der Waals surface area contributed by atoms with Crippen LogP contribution in [0.4, 0.5) is 16.2 Å². The fourth-order valence-electron chi connectivity index (χ4n) is 5.34. The van der Waals surface area contributed by atoms with Gasteiger partial charge in [0.25, 0.3) is 5.56 Å². The van der Waals surface area contributed by atoms with Gasteiger partial charge in [-0.1, -0.05) is 43.3 Å². The molecule has 0 aliphatic rings. The second-order valence-electron chi connectivity index (χ2n) is 11.3. The first kappa shape index (κ1) is 31.1. The molecule has 0 saturated carbocycles. The highest BCUT2D eigenvalue weighted by molar-refractivity contribution is 5.87. The number of aromatic nitrogens is 3. The number of H-pyrrole nitrogens is 1. The number of benzene rings is 3. The summed E-state index contributed by atoms with van der Waals surface area (Å²) in [6.45, 7) is 6.56. The van der Waals surface area contributed by atoms with Gasteiger partial charge in [-0.05, 0) is 66.3 Å². The minimum Gasteiger partial charge on any atom is -0.449 e. The van der Waals surface area contributed by atoms with Crippen molar-refractivity contribution in [1.29, 1.82) is 0 Å². The van der Waals surface area contributed by atoms with Gasteiger partial charge in [0.05, 0.1) is 25.0 Å². The summed E-state index contributed by atoms with van der Waals surface area (Å²) < 4.78 is 7.55. The maximum absolute atomic E-state index is 13.2. The topological polar surface area (TPSA) is 121 Å². The molecule has 0 radical (unpaired) electrons. The minimum atomic E-state index is -0.548. The van der Waals surface area contributed by atoms with Crippen molar-refractivity contribution in [3.8, 4) is 11.3 Å². The number of ether oxygens (including phenoxy) is 1. The number of hydrogen-bond donors (Lipinski definition) is 3. The molecule has 10 heteroatoms. The molecule has 5 aromatic rings. The molecule has 0 fully saturated rings. The molecule has 0 aliphatic heterocycles. The standard InChI is InChI=1S/C35H38N6O4/c1-22-8-6-7-9-29(22)23(2)21-45-35(44)39-28-12-13-30(32-18-37-24(3)41(32)5)26(16-28)20-40(4)33(42)19-38-27-11-10-25-14-15-36-34(43)31(25)17-27/h6-18,23,38H,19-21H2,1-5H3,(H,36,43)(H,39,44). The average molecular weight is 607 g/mol. The monoisotopic (exact) mass is 606 g/mol. The molecule has 232 valence electrons. The van der Waals surface area contributed by atoms with E-state index in [4.69, 9.17) is 4.74 Å². The van der Waals surface area contributed by atoms with Crippen LogP contribution in [0.1, 0.15) is 35.4 Å². The Morgan fingerprint density at radius 2 is 1.82 bits per heavy atom. The van der Waals surface area contributed by atoms with Gasteiger partial charge in [0, 0.05) is 55.1 Å². The summed E-state index contributed by atoms with van der Waals surface area (Å²) in [7, 11) is 3.67. The zero-order valence-electron chi connectivity index (χ0n) is 26.2. The second-order valence-corrected chi connectivity index (χ2v) is 11.3. The highest BCUT2D eigenvalue weighted by atomic mass is 16.5. The summed E-state index contributed by atoms with van der Waals surface area (Å²) in [6, 6.07) is 20.9. The third-order valence-electron chi connectivity index (χ3n) is 8.08. The number of hydrogen-bond acceptors (Lipinski definition) is 6. The third-order valence-corrected chi connectivity index (χ3v) is 8.08. The average Bonchev–Trinajstić information content (AvgIpc) is 3.36. The molecule has 10 nitrogen and oxygen atoms in total. The van der Waals surface area contributed by atoms with Gasteiger partial charge in [0.2, 0.25) is 5.91 Å². The van der Waals surface area contributed by atoms with Gasteiger partial charge in [0.1, 0.15) is 5.82 Å². The lowest BCUT2D eigenvalue weighted by atomic mass is 9.97. The smallest absolute Gasteiger partial charge is 0.411 e. The largest absolute Gasteiger partial charge is 0.449 e. The Morgan fingerprint density at radius 1 is 1.04 bits per heavy atom. The van der Waals surface area contributed by atoms with E-state index < -0.39 is 6.09 Å². The second kappa shape index (κ2) is 13.5. The molecule has 1 atom stereocenters. The minimum absolute atomic E-state index is 0.0379. The first-order valence-corrected chi connectivity index (χ1v) is 14.8. The van der Waals surface area contributed by atoms with Crippen LogP contribution >= 0.6 is 0 Å². The highest BCUT2D eigenvalue weighted by Crippen LogP contribution is 2.28. The molecule has 3 aromatic carbocycles. The number of aromatic amines is 1. The van der Waals surface area contributed by atoms with Crippen molar-refractivity contribution in [2.45, 2.75) is 33.2 Å². The van der Waals surface area contributed by atoms with Crippen LogP contribution in [0.5, 0.6) is 0 Å². The molecule has 2 aromatic heterocycles. The lowest BCUT2D eigenvalue weighted by Gasteiger charge is -2.21. The maximum atomic E-state index is 13.2. The predicted molar refractivity (Wildman–Crippen MR) is 177 cm³/mol. The van der Waals surface area contributed by atoms with Crippen LogP contribution in [0.25, 0.3) is 22.0 Å². The highest BCUT2D eigenvalue weighted by Gasteiger charge is 2.18. The van der Waals surface area contributed by atoms with Crippen LogP contribution in [0, 0.1) is 13.8 Å². The van der Waals surface area contributed by atoms with Crippen molar-refractivity contribution in [3.63, 3.8) is 0 Å². The Balaban J connectivity index is 1.28. The van der Waals surface area contributed by atoms with E-state index in [2.05, 4.69) is 20.6 Å². The third kappa shape index (κ3) is 7.23. The molecule has 1 unspecified atom stereocenters. The van der Waals surface area contributed by atoms with E-state index >= 15 is 0 Å². The van der Waals surface area contributed by atoms with Gasteiger partial charge in [0.15, 0.2) is 0 Å². The summed E-state index contributed by atoms with van der Waals surface area (Å²) in [5, 5.41) is 7.35. The molecule has 2 heterocycles. The van der Waals surface area contributed by atoms with Crippen molar-refractivity contribution >= 4 is 34.1 Å². The van der Waals surface area contributed by atoms with Gasteiger partial charge in [-0.15, -0.1) is 0 Å². The molecular formula is C35H38N6O4. The van der Waals surface area contributed by atoms with Crippen LogP contribution in [0.2, 0.25) is 0 Å². The summed E-state index contributed by atoms with van der Waals surface area (Å²) in [6.07, 6.45) is 2.86. The predicted octanol–water partition coefficient (Wildman–Crippen LogP) is 5.97. The van der Waals surface area contributed by atoms with E-state index in [0.29, 0.717) is 16.8 Å². The van der Waals surface area contributed by atoms with E-state index in [1.165, 1.54) is 0 Å². The first-order valence-electron chi connectivity index (χ1n) is 14.8. The Hall–Kier alpha value is -5.38. The van der Waals surface area contributed by atoms with Crippen LogP contribution < -0.4 is 16.2 Å². The maximum Gasteiger partial charge on any atom is 0.411 e. The number of likely N-dealkylation sites (N-methyl/N-ethyl adjacent to an activating group) is 1. The molecule has 45 heavy (non-hydrogen) atoms. The van der Waals surface area contributed by atoms with Crippen LogP contribution in [0.3, 0.4) is 0 Å². The molecule has 5 rings (SSSR count). The molecule has 0 bridgehead atoms. The van der Waals surface area contributed by atoms with Gasteiger partial charge in [-0.2, -0.15) is 0 Å². The van der Waals surface area contributed by atoms with Crippen molar-refractivity contribution in [1.82, 2.24) is 19.4 Å². The van der Waals surface area contributed by atoms with Crippen LogP contribution in [0.15, 0.2) is 83.9 Å². The zero-order chi connectivity index (χ0) is 32.1. The summed E-state index contributed by atoms with van der Waals surface area (Å²) >= 11 is 0. The Labute approximate surface area is 262 Å². The van der Waals surface area contributed by atoms with Gasteiger partial charge >= 0.3 is 6.09 Å². The van der Waals surface area contributed by atoms with E-state index in [1.54, 1.807) is 30.4 Å². The van der Waals surface area contributed by atoms with Crippen molar-refractivity contribution < 1.29 is 14.3 Å². The number of nitrogens with one attached hydrogen (secondary N) is 3. The van der Waals surface area contributed by atoms with Crippen molar-refractivity contribution in [3.05, 3.63) is 112 Å². The number of nitrogens with zero attached hydrogens (tertiary/aromatic N) is 3. The number of fused-ring (bicyclic) bond motifs is 1. The first-order chi connectivity index (χ1) is 21.6. The number of carbonyl (C=O) groups excluding carboxylic acids is 2. The van der Waals surface area contributed by atoms with Crippen LogP contribution in [-0.2, 0) is 23.1 Å². The number of anilines is 2. The number of carbonyl (C=O) groups is 2. The summed E-state index contributed by atoms with van der Waals surface area (Å²) in [5.74, 6) is 0.756. The van der Waals surface area contributed by atoms with Gasteiger partial charge in [-0.25, -0.2) is 9.78 Å². The lowest BCUT2D eigenvalue weighted by molar-refractivity contribution is -0.128. The SMILES string of the molecule is Cc1ccccc1C(C)COC(=O)Nc1ccc(-c2cnc(C)n2C)c(CN(C)C(=O)CNc2ccc3cc[nH]c(=O)c3c2)c1. The molecule has 0 aliphatic carbocycles.